The molecule has 1 amide bonds. The number of carbonyl (C=O) groups excluding carboxylic acids is 1. The molecule has 0 spiro atoms. The zero-order valence-corrected chi connectivity index (χ0v) is 23.1. The number of carboxylic acid groups (broad SMARTS) is 1. The quantitative estimate of drug-likeness (QED) is 0.297. The molecule has 0 aliphatic carbocycles. The zero-order chi connectivity index (χ0) is 30.8. The topological polar surface area (TPSA) is 114 Å². The standard InChI is InChI=1S/C31H27F3N4O5/c1-19-16-20(2)37-29(36-19)42-27(28(40)41)30(22-11-4-3-5-12-22)23-13-7-8-14-24(23)38(26(39)17-35-30)18-21-10-6-9-15-25(21)43-31(32,33)34/h3-16,27,35H,17-18H2,1-2H3,(H,40,41)/t27-,30+/m1/s1. The molecule has 0 radical (unpaired) electrons. The van der Waals surface area contributed by atoms with Crippen LogP contribution in [0.4, 0.5) is 18.9 Å². The predicted molar refractivity (Wildman–Crippen MR) is 150 cm³/mol. The van der Waals surface area contributed by atoms with Crippen molar-refractivity contribution in [2.45, 2.75) is 38.4 Å². The second kappa shape index (κ2) is 11.7. The summed E-state index contributed by atoms with van der Waals surface area (Å²) >= 11 is 0. The number of para-hydroxylation sites is 2. The molecular weight excluding hydrogens is 565 g/mol. The van der Waals surface area contributed by atoms with E-state index in [0.717, 1.165) is 0 Å². The van der Waals surface area contributed by atoms with E-state index in [9.17, 15) is 27.9 Å². The SMILES string of the molecule is Cc1cc(C)nc(O[C@H](C(=O)O)[C@@]2(c3ccccc3)NCC(=O)N(Cc3ccccc3OC(F)(F)F)c3ccccc32)n1. The smallest absolute Gasteiger partial charge is 0.478 e. The van der Waals surface area contributed by atoms with Gasteiger partial charge >= 0.3 is 18.3 Å². The van der Waals surface area contributed by atoms with Crippen LogP contribution in [0.15, 0.2) is 84.9 Å². The third-order valence-electron chi connectivity index (χ3n) is 7.00. The van der Waals surface area contributed by atoms with E-state index >= 15 is 0 Å². The van der Waals surface area contributed by atoms with Gasteiger partial charge in [-0.3, -0.25) is 10.1 Å². The lowest BCUT2D eigenvalue weighted by Crippen LogP contribution is -2.58. The highest BCUT2D eigenvalue weighted by atomic mass is 19.4. The van der Waals surface area contributed by atoms with Crippen LogP contribution in [0, 0.1) is 13.8 Å². The predicted octanol–water partition coefficient (Wildman–Crippen LogP) is 4.90. The molecule has 1 aliphatic heterocycles. The molecule has 9 nitrogen and oxygen atoms in total. The van der Waals surface area contributed by atoms with Gasteiger partial charge in [-0.15, -0.1) is 13.2 Å². The normalized spacial score (nSPS) is 17.5. The number of nitrogens with one attached hydrogen (secondary N) is 1. The number of amides is 1. The fraction of sp³-hybridized carbons (Fsp3) is 0.226. The molecule has 222 valence electrons. The van der Waals surface area contributed by atoms with E-state index in [1.807, 2.05) is 0 Å². The minimum absolute atomic E-state index is 0.102. The maximum absolute atomic E-state index is 13.7. The Labute approximate surface area is 244 Å². The Morgan fingerprint density at radius 2 is 1.63 bits per heavy atom. The van der Waals surface area contributed by atoms with Gasteiger partial charge in [0.1, 0.15) is 11.3 Å². The number of nitrogens with zero attached hydrogens (tertiary/aromatic N) is 3. The number of ether oxygens (including phenoxy) is 2. The fourth-order valence-electron chi connectivity index (χ4n) is 5.30. The van der Waals surface area contributed by atoms with Gasteiger partial charge in [0.15, 0.2) is 0 Å². The van der Waals surface area contributed by atoms with Crippen molar-refractivity contribution in [3.05, 3.63) is 113 Å². The number of aliphatic carboxylic acids is 1. The van der Waals surface area contributed by atoms with Crippen molar-refractivity contribution in [3.63, 3.8) is 0 Å². The number of halogens is 3. The first-order valence-electron chi connectivity index (χ1n) is 13.2. The van der Waals surface area contributed by atoms with Crippen LogP contribution in [-0.4, -0.2) is 46.0 Å². The van der Waals surface area contributed by atoms with Gasteiger partial charge in [0.25, 0.3) is 0 Å². The number of rotatable bonds is 8. The number of aromatic nitrogens is 2. The summed E-state index contributed by atoms with van der Waals surface area (Å²) in [4.78, 5) is 36.6. The summed E-state index contributed by atoms with van der Waals surface area (Å²) in [7, 11) is 0. The molecule has 0 saturated heterocycles. The van der Waals surface area contributed by atoms with Crippen LogP contribution in [0.3, 0.4) is 0 Å². The molecule has 2 N–H and O–H groups in total. The third kappa shape index (κ3) is 6.14. The molecule has 1 aliphatic rings. The summed E-state index contributed by atoms with van der Waals surface area (Å²) < 4.78 is 49.8. The largest absolute Gasteiger partial charge is 0.573 e. The van der Waals surface area contributed by atoms with Gasteiger partial charge in [-0.1, -0.05) is 66.7 Å². The Balaban J connectivity index is 1.69. The van der Waals surface area contributed by atoms with Crippen LogP contribution < -0.4 is 19.7 Å². The van der Waals surface area contributed by atoms with Crippen LogP contribution in [0.5, 0.6) is 11.8 Å². The number of carbonyl (C=O) groups is 2. The van der Waals surface area contributed by atoms with Gasteiger partial charge < -0.3 is 19.5 Å². The highest BCUT2D eigenvalue weighted by molar-refractivity contribution is 5.97. The minimum atomic E-state index is -4.94. The average molecular weight is 593 g/mol. The van der Waals surface area contributed by atoms with Crippen LogP contribution in [0.2, 0.25) is 0 Å². The molecule has 2 heterocycles. The minimum Gasteiger partial charge on any atom is -0.478 e. The Morgan fingerprint density at radius 3 is 2.30 bits per heavy atom. The number of hydrogen-bond donors (Lipinski definition) is 2. The molecule has 12 heteroatoms. The number of benzene rings is 3. The lowest BCUT2D eigenvalue weighted by molar-refractivity contribution is -0.274. The molecule has 43 heavy (non-hydrogen) atoms. The lowest BCUT2D eigenvalue weighted by Gasteiger charge is -2.39. The van der Waals surface area contributed by atoms with Crippen molar-refractivity contribution in [1.82, 2.24) is 15.3 Å². The van der Waals surface area contributed by atoms with Crippen molar-refractivity contribution in [1.29, 1.82) is 0 Å². The van der Waals surface area contributed by atoms with Crippen molar-refractivity contribution >= 4 is 17.6 Å². The van der Waals surface area contributed by atoms with Crippen molar-refractivity contribution in [3.8, 4) is 11.8 Å². The Bertz CT molecular complexity index is 1630. The van der Waals surface area contributed by atoms with Crippen molar-refractivity contribution < 1.29 is 37.3 Å². The van der Waals surface area contributed by atoms with Crippen LogP contribution in [0.1, 0.15) is 28.1 Å². The summed E-state index contributed by atoms with van der Waals surface area (Å²) in [5.74, 6) is -2.33. The molecule has 0 unspecified atom stereocenters. The van der Waals surface area contributed by atoms with E-state index in [0.29, 0.717) is 22.5 Å². The van der Waals surface area contributed by atoms with E-state index in [1.54, 1.807) is 74.5 Å². The molecule has 4 aromatic rings. The number of carboxylic acids is 1. The van der Waals surface area contributed by atoms with Crippen molar-refractivity contribution in [2.75, 3.05) is 11.4 Å². The highest BCUT2D eigenvalue weighted by Gasteiger charge is 2.52. The van der Waals surface area contributed by atoms with Gasteiger partial charge in [0.2, 0.25) is 12.0 Å². The molecule has 5 rings (SSSR count). The highest BCUT2D eigenvalue weighted by Crippen LogP contribution is 2.43. The van der Waals surface area contributed by atoms with Gasteiger partial charge in [-0.05, 0) is 37.6 Å². The number of alkyl halides is 3. The number of anilines is 1. The lowest BCUT2D eigenvalue weighted by atomic mass is 9.77. The fourth-order valence-corrected chi connectivity index (χ4v) is 5.30. The van der Waals surface area contributed by atoms with Crippen LogP contribution >= 0.6 is 0 Å². The maximum Gasteiger partial charge on any atom is 0.573 e. The molecular formula is C31H27F3N4O5. The van der Waals surface area contributed by atoms with Gasteiger partial charge in [-0.2, -0.15) is 0 Å². The molecule has 3 aromatic carbocycles. The van der Waals surface area contributed by atoms with E-state index in [-0.39, 0.29) is 30.4 Å². The average Bonchev–Trinajstić information content (AvgIpc) is 3.07. The van der Waals surface area contributed by atoms with Crippen LogP contribution in [-0.2, 0) is 21.7 Å². The molecule has 0 fully saturated rings. The summed E-state index contributed by atoms with van der Waals surface area (Å²) in [6.45, 7) is 2.78. The van der Waals surface area contributed by atoms with E-state index in [1.165, 1.54) is 29.2 Å². The molecule has 0 bridgehead atoms. The van der Waals surface area contributed by atoms with Gasteiger partial charge in [0.05, 0.1) is 13.1 Å². The summed E-state index contributed by atoms with van der Waals surface area (Å²) in [5, 5.41) is 13.8. The van der Waals surface area contributed by atoms with E-state index in [4.69, 9.17) is 4.74 Å². The van der Waals surface area contributed by atoms with Crippen molar-refractivity contribution in [2.24, 2.45) is 0 Å². The Hall–Kier alpha value is -4.97. The Morgan fingerprint density at radius 1 is 1.00 bits per heavy atom. The van der Waals surface area contributed by atoms with Gasteiger partial charge in [0, 0.05) is 28.2 Å². The van der Waals surface area contributed by atoms with E-state index < -0.39 is 35.6 Å². The summed E-state index contributed by atoms with van der Waals surface area (Å²) in [6.07, 6.45) is -6.63. The summed E-state index contributed by atoms with van der Waals surface area (Å²) in [6, 6.07) is 22.3. The zero-order valence-electron chi connectivity index (χ0n) is 23.1. The number of hydrogen-bond acceptors (Lipinski definition) is 7. The monoisotopic (exact) mass is 592 g/mol. The first-order valence-corrected chi connectivity index (χ1v) is 13.2. The Kier molecular flexibility index (Phi) is 8.05. The summed E-state index contributed by atoms with van der Waals surface area (Å²) in [5.41, 5.74) is 0.653. The second-order valence-electron chi connectivity index (χ2n) is 9.95. The van der Waals surface area contributed by atoms with E-state index in [2.05, 4.69) is 20.0 Å². The number of fused-ring (bicyclic) bond motifs is 1. The maximum atomic E-state index is 13.7. The third-order valence-corrected chi connectivity index (χ3v) is 7.00. The number of aryl methyl sites for hydroxylation is 2. The molecule has 1 aromatic heterocycles. The second-order valence-corrected chi connectivity index (χ2v) is 9.95. The van der Waals surface area contributed by atoms with Crippen LogP contribution in [0.25, 0.3) is 0 Å². The first kappa shape index (κ1) is 29.5. The first-order chi connectivity index (χ1) is 20.5. The molecule has 0 saturated carbocycles. The molecule has 2 atom stereocenters. The van der Waals surface area contributed by atoms with Gasteiger partial charge in [-0.25, -0.2) is 14.8 Å².